The van der Waals surface area contributed by atoms with E-state index >= 15 is 0 Å². The second-order valence-corrected chi connectivity index (χ2v) is 8.03. The van der Waals surface area contributed by atoms with Crippen molar-refractivity contribution in [3.05, 3.63) is 65.2 Å². The molecular weight excluding hydrogens is 392 g/mol. The summed E-state index contributed by atoms with van der Waals surface area (Å²) in [5.41, 5.74) is 3.99. The fraction of sp³-hybridized carbons (Fsp3) is 0.320. The summed E-state index contributed by atoms with van der Waals surface area (Å²) in [6.45, 7) is 1.26. The van der Waals surface area contributed by atoms with Crippen LogP contribution in [0.4, 0.5) is 0 Å². The van der Waals surface area contributed by atoms with Gasteiger partial charge >= 0.3 is 5.97 Å². The van der Waals surface area contributed by atoms with Crippen molar-refractivity contribution in [2.24, 2.45) is 0 Å². The zero-order valence-electron chi connectivity index (χ0n) is 17.3. The lowest BCUT2D eigenvalue weighted by Crippen LogP contribution is -2.38. The Hall–Kier alpha value is -3.41. The van der Waals surface area contributed by atoms with Crippen LogP contribution in [0.15, 0.2) is 47.1 Å². The standard InChI is InChI=1S/C25H24N2O4/c28-22(27-12-4-1-5-13-27)16-31-25(29)23-19-8-2-3-9-21(19)26-24-17(10-11-20(23)24)15-18-7-6-14-30-18/h2-3,6-9,14-15H,1,4-5,10-13,16H2. The number of carbonyl (C=O) groups excluding carboxylic acids is 2. The van der Waals surface area contributed by atoms with Crippen LogP contribution in [-0.4, -0.2) is 41.5 Å². The minimum atomic E-state index is -0.459. The van der Waals surface area contributed by atoms with Crippen molar-refractivity contribution >= 4 is 34.4 Å². The van der Waals surface area contributed by atoms with Crippen molar-refractivity contribution in [1.29, 1.82) is 0 Å². The molecule has 0 atom stereocenters. The van der Waals surface area contributed by atoms with Crippen LogP contribution in [-0.2, 0) is 16.0 Å². The second-order valence-electron chi connectivity index (χ2n) is 8.03. The molecule has 0 bridgehead atoms. The number of para-hydroxylation sites is 1. The number of esters is 1. The van der Waals surface area contributed by atoms with Crippen LogP contribution >= 0.6 is 0 Å². The molecule has 0 N–H and O–H groups in total. The highest BCUT2D eigenvalue weighted by Crippen LogP contribution is 2.37. The maximum absolute atomic E-state index is 13.2. The van der Waals surface area contributed by atoms with Gasteiger partial charge in [-0.15, -0.1) is 0 Å². The van der Waals surface area contributed by atoms with E-state index in [0.29, 0.717) is 12.0 Å². The first-order chi connectivity index (χ1) is 15.2. The number of hydrogen-bond acceptors (Lipinski definition) is 5. The number of rotatable bonds is 4. The van der Waals surface area contributed by atoms with E-state index in [2.05, 4.69) is 0 Å². The van der Waals surface area contributed by atoms with Gasteiger partial charge in [-0.2, -0.15) is 0 Å². The Morgan fingerprint density at radius 3 is 2.71 bits per heavy atom. The van der Waals surface area contributed by atoms with E-state index in [0.717, 1.165) is 72.3 Å². The van der Waals surface area contributed by atoms with E-state index in [4.69, 9.17) is 14.1 Å². The summed E-state index contributed by atoms with van der Waals surface area (Å²) in [4.78, 5) is 32.3. The van der Waals surface area contributed by atoms with Gasteiger partial charge in [0.05, 0.1) is 23.0 Å². The van der Waals surface area contributed by atoms with Crippen LogP contribution < -0.4 is 0 Å². The highest BCUT2D eigenvalue weighted by Gasteiger charge is 2.28. The minimum Gasteiger partial charge on any atom is -0.465 e. The summed E-state index contributed by atoms with van der Waals surface area (Å²) in [7, 11) is 0. The second kappa shape index (κ2) is 8.38. The number of likely N-dealkylation sites (tertiary alicyclic amines) is 1. The molecule has 3 aromatic rings. The third kappa shape index (κ3) is 3.85. The van der Waals surface area contributed by atoms with Crippen LogP contribution in [0.25, 0.3) is 22.6 Å². The lowest BCUT2D eigenvalue weighted by Gasteiger charge is -2.26. The summed E-state index contributed by atoms with van der Waals surface area (Å²) in [6, 6.07) is 11.3. The lowest BCUT2D eigenvalue weighted by molar-refractivity contribution is -0.135. The first-order valence-electron chi connectivity index (χ1n) is 10.8. The summed E-state index contributed by atoms with van der Waals surface area (Å²) < 4.78 is 11.0. The molecule has 0 saturated carbocycles. The molecule has 1 aliphatic heterocycles. The highest BCUT2D eigenvalue weighted by molar-refractivity contribution is 6.07. The van der Waals surface area contributed by atoms with Gasteiger partial charge in [0.25, 0.3) is 5.91 Å². The molecule has 1 fully saturated rings. The van der Waals surface area contributed by atoms with Crippen molar-refractivity contribution < 1.29 is 18.7 Å². The van der Waals surface area contributed by atoms with E-state index in [9.17, 15) is 9.59 Å². The SMILES string of the molecule is O=C(OCC(=O)N1CCCCC1)c1c2c(nc3ccccc13)C(=Cc1ccco1)CC2. The molecule has 31 heavy (non-hydrogen) atoms. The van der Waals surface area contributed by atoms with Gasteiger partial charge < -0.3 is 14.1 Å². The van der Waals surface area contributed by atoms with E-state index in [1.54, 1.807) is 11.2 Å². The molecule has 1 saturated heterocycles. The number of allylic oxidation sites excluding steroid dienone is 1. The first-order valence-corrected chi connectivity index (χ1v) is 10.8. The van der Waals surface area contributed by atoms with Crippen LogP contribution in [0.3, 0.4) is 0 Å². The molecule has 3 heterocycles. The molecular formula is C25H24N2O4. The maximum Gasteiger partial charge on any atom is 0.339 e. The van der Waals surface area contributed by atoms with Crippen molar-refractivity contribution in [2.75, 3.05) is 19.7 Å². The topological polar surface area (TPSA) is 72.6 Å². The van der Waals surface area contributed by atoms with E-state index in [1.165, 1.54) is 0 Å². The van der Waals surface area contributed by atoms with E-state index in [-0.39, 0.29) is 12.5 Å². The van der Waals surface area contributed by atoms with Gasteiger partial charge in [-0.1, -0.05) is 18.2 Å². The zero-order valence-corrected chi connectivity index (χ0v) is 17.3. The number of ether oxygens (including phenoxy) is 1. The Morgan fingerprint density at radius 1 is 1.06 bits per heavy atom. The lowest BCUT2D eigenvalue weighted by atomic mass is 10.0. The van der Waals surface area contributed by atoms with Crippen molar-refractivity contribution in [3.63, 3.8) is 0 Å². The summed E-state index contributed by atoms with van der Waals surface area (Å²) in [5, 5.41) is 0.760. The van der Waals surface area contributed by atoms with Crippen molar-refractivity contribution in [2.45, 2.75) is 32.1 Å². The quantitative estimate of drug-likeness (QED) is 0.586. The number of nitrogens with zero attached hydrogens (tertiary/aromatic N) is 2. The van der Waals surface area contributed by atoms with Crippen molar-refractivity contribution in [1.82, 2.24) is 9.88 Å². The Balaban J connectivity index is 1.46. The molecule has 0 unspecified atom stereocenters. The average Bonchev–Trinajstić information content (AvgIpc) is 3.47. The molecule has 0 radical (unpaired) electrons. The molecule has 2 aromatic heterocycles. The minimum absolute atomic E-state index is 0.124. The van der Waals surface area contributed by atoms with Crippen molar-refractivity contribution in [3.8, 4) is 0 Å². The molecule has 5 rings (SSSR count). The van der Waals surface area contributed by atoms with Gasteiger partial charge in [0.1, 0.15) is 5.76 Å². The van der Waals surface area contributed by atoms with Gasteiger partial charge in [-0.05, 0) is 67.5 Å². The van der Waals surface area contributed by atoms with Crippen LogP contribution in [0.1, 0.15) is 53.1 Å². The summed E-state index contributed by atoms with van der Waals surface area (Å²) >= 11 is 0. The van der Waals surface area contributed by atoms with Crippen LogP contribution in [0.5, 0.6) is 0 Å². The van der Waals surface area contributed by atoms with Gasteiger partial charge in [-0.25, -0.2) is 9.78 Å². The number of pyridine rings is 1. The predicted molar refractivity (Wildman–Crippen MR) is 117 cm³/mol. The number of fused-ring (bicyclic) bond motifs is 2. The third-order valence-corrected chi connectivity index (χ3v) is 6.04. The number of furan rings is 1. The molecule has 6 nitrogen and oxygen atoms in total. The average molecular weight is 416 g/mol. The van der Waals surface area contributed by atoms with E-state index < -0.39 is 5.97 Å². The number of piperidine rings is 1. The monoisotopic (exact) mass is 416 g/mol. The molecule has 2 aliphatic rings. The number of carbonyl (C=O) groups is 2. The fourth-order valence-corrected chi connectivity index (χ4v) is 4.49. The number of amides is 1. The maximum atomic E-state index is 13.2. The Morgan fingerprint density at radius 2 is 1.90 bits per heavy atom. The van der Waals surface area contributed by atoms with Gasteiger partial charge in [0, 0.05) is 18.5 Å². The number of hydrogen-bond donors (Lipinski definition) is 0. The smallest absolute Gasteiger partial charge is 0.339 e. The third-order valence-electron chi connectivity index (χ3n) is 6.04. The summed E-state index contributed by atoms with van der Waals surface area (Å²) in [5.74, 6) is 0.176. The Bertz CT molecular complexity index is 1160. The zero-order chi connectivity index (χ0) is 21.2. The number of aromatic nitrogens is 1. The molecule has 1 amide bonds. The van der Waals surface area contributed by atoms with Gasteiger partial charge in [0.2, 0.25) is 0 Å². The fourth-order valence-electron chi connectivity index (χ4n) is 4.49. The Kier molecular flexibility index (Phi) is 5.28. The van der Waals surface area contributed by atoms with Crippen LogP contribution in [0.2, 0.25) is 0 Å². The number of benzene rings is 1. The molecule has 6 heteroatoms. The Labute approximate surface area is 180 Å². The normalized spacial score (nSPS) is 17.2. The predicted octanol–water partition coefficient (Wildman–Crippen LogP) is 4.48. The molecule has 158 valence electrons. The van der Waals surface area contributed by atoms with Gasteiger partial charge in [0.15, 0.2) is 6.61 Å². The van der Waals surface area contributed by atoms with Crippen LogP contribution in [0, 0.1) is 0 Å². The first kappa shape index (κ1) is 19.5. The summed E-state index contributed by atoms with van der Waals surface area (Å²) in [6.07, 6.45) is 8.24. The van der Waals surface area contributed by atoms with E-state index in [1.807, 2.05) is 42.5 Å². The van der Waals surface area contributed by atoms with Gasteiger partial charge in [-0.3, -0.25) is 4.79 Å². The largest absolute Gasteiger partial charge is 0.465 e. The highest BCUT2D eigenvalue weighted by atomic mass is 16.5. The molecule has 0 spiro atoms. The molecule has 1 aromatic carbocycles. The molecule has 1 aliphatic carbocycles.